The Morgan fingerprint density at radius 2 is 1.29 bits per heavy atom. The van der Waals surface area contributed by atoms with E-state index < -0.39 is 0 Å². The van der Waals surface area contributed by atoms with Crippen LogP contribution in [0.4, 0.5) is 0 Å². The van der Waals surface area contributed by atoms with Gasteiger partial charge in [-0.15, -0.1) is 6.42 Å². The van der Waals surface area contributed by atoms with Crippen LogP contribution in [0.25, 0.3) is 0 Å². The fourth-order valence-electron chi connectivity index (χ4n) is 3.55. The quantitative estimate of drug-likeness (QED) is 0.258. The molecule has 0 radical (unpaired) electrons. The van der Waals surface area contributed by atoms with E-state index in [2.05, 4.69) is 49.5 Å². The molecule has 0 atom stereocenters. The van der Waals surface area contributed by atoms with Crippen LogP contribution in [0, 0.1) is 42.9 Å². The second kappa shape index (κ2) is 13.6. The van der Waals surface area contributed by atoms with Gasteiger partial charge in [0.2, 0.25) is 0 Å². The maximum Gasteiger partial charge on any atom is 0.136 e. The van der Waals surface area contributed by atoms with Crippen LogP contribution in [-0.4, -0.2) is 6.61 Å². The summed E-state index contributed by atoms with van der Waals surface area (Å²) in [6.45, 7) is 5.00. The molecule has 0 amide bonds. The second-order valence-corrected chi connectivity index (χ2v) is 8.37. The minimum Gasteiger partial charge on any atom is -0.492 e. The van der Waals surface area contributed by atoms with E-state index in [4.69, 9.17) is 11.2 Å². The molecule has 0 aliphatic carbocycles. The zero-order valence-corrected chi connectivity index (χ0v) is 20.3. The van der Waals surface area contributed by atoms with E-state index in [1.807, 2.05) is 60.7 Å². The predicted molar refractivity (Wildman–Crippen MR) is 143 cm³/mol. The van der Waals surface area contributed by atoms with Crippen molar-refractivity contribution in [2.24, 2.45) is 0 Å². The van der Waals surface area contributed by atoms with Crippen molar-refractivity contribution in [3.8, 4) is 41.8 Å². The van der Waals surface area contributed by atoms with Gasteiger partial charge in [-0.3, -0.25) is 0 Å². The van der Waals surface area contributed by atoms with E-state index in [-0.39, 0.29) is 0 Å². The third kappa shape index (κ3) is 7.93. The van der Waals surface area contributed by atoms with E-state index in [0.717, 1.165) is 45.6 Å². The highest BCUT2D eigenvalue weighted by Crippen LogP contribution is 2.24. The summed E-state index contributed by atoms with van der Waals surface area (Å²) in [5.74, 6) is 16.6. The number of hydrogen-bond donors (Lipinski definition) is 0. The smallest absolute Gasteiger partial charge is 0.136 e. The third-order valence-corrected chi connectivity index (χ3v) is 5.59. The lowest BCUT2D eigenvalue weighted by atomic mass is 10.0. The maximum atomic E-state index is 6.22. The van der Waals surface area contributed by atoms with Crippen LogP contribution >= 0.6 is 0 Å². The molecule has 3 aromatic carbocycles. The van der Waals surface area contributed by atoms with Gasteiger partial charge >= 0.3 is 0 Å². The molecule has 1 heteroatoms. The van der Waals surface area contributed by atoms with E-state index in [0.29, 0.717) is 6.61 Å². The van der Waals surface area contributed by atoms with Gasteiger partial charge in [0.25, 0.3) is 0 Å². The van der Waals surface area contributed by atoms with Crippen molar-refractivity contribution in [2.75, 3.05) is 6.61 Å². The first-order valence-corrected chi connectivity index (χ1v) is 12.1. The zero-order chi connectivity index (χ0) is 24.0. The number of hydrogen-bond acceptors (Lipinski definition) is 1. The van der Waals surface area contributed by atoms with Crippen molar-refractivity contribution in [1.29, 1.82) is 0 Å². The van der Waals surface area contributed by atoms with Gasteiger partial charge in [0.1, 0.15) is 5.75 Å². The molecule has 0 fully saturated rings. The van der Waals surface area contributed by atoms with Gasteiger partial charge < -0.3 is 4.74 Å². The molecule has 170 valence electrons. The molecule has 3 rings (SSSR count). The van der Waals surface area contributed by atoms with Crippen LogP contribution in [0.5, 0.6) is 5.75 Å². The molecule has 0 saturated carbocycles. The first-order chi connectivity index (χ1) is 16.7. The number of ether oxygens (including phenoxy) is 1. The van der Waals surface area contributed by atoms with Gasteiger partial charge in [0.05, 0.1) is 12.2 Å². The first-order valence-electron chi connectivity index (χ1n) is 12.1. The van der Waals surface area contributed by atoms with Crippen LogP contribution in [0.15, 0.2) is 66.7 Å². The lowest BCUT2D eigenvalue weighted by molar-refractivity contribution is 0.303. The monoisotopic (exact) mass is 444 g/mol. The SMILES string of the molecule is C#Cc1ccc(C#Cc2cc(C)c(C#Cc3ccccc3)cc2OCCCCCCCC)cc1. The summed E-state index contributed by atoms with van der Waals surface area (Å²) in [6.07, 6.45) is 12.8. The van der Waals surface area contributed by atoms with Crippen LogP contribution in [0.2, 0.25) is 0 Å². The van der Waals surface area contributed by atoms with Crippen molar-refractivity contribution >= 4 is 0 Å². The van der Waals surface area contributed by atoms with Crippen LogP contribution in [0.1, 0.15) is 78.8 Å². The summed E-state index contributed by atoms with van der Waals surface area (Å²) < 4.78 is 6.22. The summed E-state index contributed by atoms with van der Waals surface area (Å²) in [4.78, 5) is 0. The highest BCUT2D eigenvalue weighted by Gasteiger charge is 2.07. The van der Waals surface area contributed by atoms with Gasteiger partial charge in [0, 0.05) is 22.3 Å². The Balaban J connectivity index is 1.81. The highest BCUT2D eigenvalue weighted by molar-refractivity contribution is 5.58. The molecule has 0 aliphatic heterocycles. The van der Waals surface area contributed by atoms with Crippen molar-refractivity contribution < 1.29 is 4.74 Å². The Labute approximate surface area is 205 Å². The van der Waals surface area contributed by atoms with E-state index in [9.17, 15) is 0 Å². The summed E-state index contributed by atoms with van der Waals surface area (Å²) in [7, 11) is 0. The number of aryl methyl sites for hydroxylation is 1. The van der Waals surface area contributed by atoms with Crippen molar-refractivity contribution in [3.05, 3.63) is 100 Å². The lowest BCUT2D eigenvalue weighted by Crippen LogP contribution is -2.01. The fourth-order valence-corrected chi connectivity index (χ4v) is 3.55. The zero-order valence-electron chi connectivity index (χ0n) is 20.3. The van der Waals surface area contributed by atoms with Crippen molar-refractivity contribution in [3.63, 3.8) is 0 Å². The van der Waals surface area contributed by atoms with Gasteiger partial charge in [0.15, 0.2) is 0 Å². The van der Waals surface area contributed by atoms with Gasteiger partial charge in [-0.2, -0.15) is 0 Å². The molecule has 0 saturated heterocycles. The van der Waals surface area contributed by atoms with Gasteiger partial charge in [-0.25, -0.2) is 0 Å². The lowest BCUT2D eigenvalue weighted by Gasteiger charge is -2.11. The van der Waals surface area contributed by atoms with Crippen molar-refractivity contribution in [1.82, 2.24) is 0 Å². The minimum atomic E-state index is 0.687. The molecule has 0 N–H and O–H groups in total. The molecule has 34 heavy (non-hydrogen) atoms. The summed E-state index contributed by atoms with van der Waals surface area (Å²) in [5.41, 5.74) is 5.70. The van der Waals surface area contributed by atoms with Crippen LogP contribution < -0.4 is 4.74 Å². The summed E-state index contributed by atoms with van der Waals surface area (Å²) in [5, 5.41) is 0. The second-order valence-electron chi connectivity index (χ2n) is 8.37. The molecular formula is C33H32O. The molecule has 0 aromatic heterocycles. The molecule has 0 spiro atoms. The van der Waals surface area contributed by atoms with E-state index in [1.165, 1.54) is 32.1 Å². The Kier molecular flexibility index (Phi) is 9.93. The Hall–Kier alpha value is -3.86. The molecule has 0 heterocycles. The topological polar surface area (TPSA) is 9.23 Å². The Morgan fingerprint density at radius 3 is 2.00 bits per heavy atom. The molecule has 3 aromatic rings. The first kappa shape index (κ1) is 24.8. The number of terminal acetylenes is 1. The standard InChI is InChI=1S/C33H32O/c1-4-6-7-8-9-13-24-34-33-26-31(22-20-29-14-11-10-12-15-29)27(3)25-32(33)23-21-30-18-16-28(5-2)17-19-30/h2,10-12,14-19,25-26H,4,6-9,13,24H2,1,3H3. The van der Waals surface area contributed by atoms with Gasteiger partial charge in [-0.05, 0) is 67.4 Å². The fraction of sp³-hybridized carbons (Fsp3) is 0.273. The minimum absolute atomic E-state index is 0.687. The molecule has 0 aliphatic rings. The maximum absolute atomic E-state index is 6.22. The van der Waals surface area contributed by atoms with Crippen LogP contribution in [0.3, 0.4) is 0 Å². The van der Waals surface area contributed by atoms with Gasteiger partial charge in [-0.1, -0.05) is 86.8 Å². The van der Waals surface area contributed by atoms with Crippen LogP contribution in [-0.2, 0) is 0 Å². The normalized spacial score (nSPS) is 9.79. The van der Waals surface area contributed by atoms with Crippen molar-refractivity contribution in [2.45, 2.75) is 52.4 Å². The van der Waals surface area contributed by atoms with E-state index >= 15 is 0 Å². The average molecular weight is 445 g/mol. The Bertz CT molecular complexity index is 1220. The number of benzene rings is 3. The average Bonchev–Trinajstić information content (AvgIpc) is 2.88. The largest absolute Gasteiger partial charge is 0.492 e. The van der Waals surface area contributed by atoms with E-state index in [1.54, 1.807) is 0 Å². The predicted octanol–water partition coefficient (Wildman–Crippen LogP) is 7.52. The molecule has 0 bridgehead atoms. The molecule has 1 nitrogen and oxygen atoms in total. The third-order valence-electron chi connectivity index (χ3n) is 5.59. The molecular weight excluding hydrogens is 412 g/mol. The highest BCUT2D eigenvalue weighted by atomic mass is 16.5. The summed E-state index contributed by atoms with van der Waals surface area (Å²) in [6, 6.07) is 21.9. The molecule has 0 unspecified atom stereocenters. The number of rotatable bonds is 8. The number of unbranched alkanes of at least 4 members (excludes halogenated alkanes) is 5. The summed E-state index contributed by atoms with van der Waals surface area (Å²) >= 11 is 0. The Morgan fingerprint density at radius 1 is 0.676 bits per heavy atom.